The molecule has 7 heteroatoms. The molecule has 0 spiro atoms. The number of pyridine rings is 2. The third kappa shape index (κ3) is 14.6. The van der Waals surface area contributed by atoms with Gasteiger partial charge in [0, 0.05) is 40.3 Å². The molecule has 4 heterocycles. The van der Waals surface area contributed by atoms with Gasteiger partial charge in [-0.25, -0.2) is 4.98 Å². The van der Waals surface area contributed by atoms with Crippen LogP contribution in [0, 0.1) is 6.07 Å². The van der Waals surface area contributed by atoms with Crippen LogP contribution >= 0.6 is 0 Å². The molecule has 404 valence electrons. The second kappa shape index (κ2) is 27.4. The third-order valence-corrected chi connectivity index (χ3v) is 15.1. The van der Waals surface area contributed by atoms with E-state index in [1.165, 1.54) is 72.7 Å². The molecule has 0 saturated carbocycles. The Hall–Kier alpha value is -6.71. The SMILES string of the molecule is CC(C)c1[c-]cccc1.CC1Cc2cccc(-c3cccc(C(Nc4c(C(C)C)cccc4C(C)C)c4ccccc4C(C)C)n3)c2N1.CC1Cc2cccc(-c3cccc(C=Nc4c(C(C)C)cccc4C(C)C)n3)c2N1.[Li+]. The van der Waals surface area contributed by atoms with E-state index in [1.807, 2.05) is 30.5 Å². The Bertz CT molecular complexity index is 3250. The predicted molar refractivity (Wildman–Crippen MR) is 335 cm³/mol. The fraction of sp³-hybridized carbons (Fsp3) is 0.347. The summed E-state index contributed by atoms with van der Waals surface area (Å²) in [6.45, 7) is 31.4. The summed E-state index contributed by atoms with van der Waals surface area (Å²) in [7, 11) is 0. The van der Waals surface area contributed by atoms with Crippen molar-refractivity contribution < 1.29 is 18.9 Å². The normalized spacial score (nSPS) is 14.8. The molecule has 2 aromatic heterocycles. The van der Waals surface area contributed by atoms with E-state index in [1.54, 1.807) is 0 Å². The van der Waals surface area contributed by atoms with Crippen molar-refractivity contribution >= 4 is 29.0 Å². The van der Waals surface area contributed by atoms with Crippen molar-refractivity contribution in [2.45, 2.75) is 163 Å². The minimum atomic E-state index is -0.0791. The van der Waals surface area contributed by atoms with Crippen LogP contribution in [0.5, 0.6) is 0 Å². The first-order valence-electron chi connectivity index (χ1n) is 28.8. The van der Waals surface area contributed by atoms with Crippen LogP contribution in [0.15, 0.2) is 163 Å². The molecule has 0 radical (unpaired) electrons. The minimum Gasteiger partial charge on any atom is -0.381 e. The first kappa shape index (κ1) is 59.9. The number of hydrogen-bond acceptors (Lipinski definition) is 6. The molecule has 2 aliphatic heterocycles. The molecule has 3 N–H and O–H groups in total. The average Bonchev–Trinajstić information content (AvgIpc) is 4.04. The van der Waals surface area contributed by atoms with Crippen LogP contribution in [0.3, 0.4) is 0 Å². The maximum atomic E-state index is 5.37. The van der Waals surface area contributed by atoms with Gasteiger partial charge < -0.3 is 16.0 Å². The van der Waals surface area contributed by atoms with Gasteiger partial charge >= 0.3 is 18.9 Å². The monoisotopic (exact) mass is 1040 g/mol. The number of nitrogens with zero attached hydrogens (tertiary/aromatic N) is 3. The van der Waals surface area contributed by atoms with Crippen LogP contribution in [0.4, 0.5) is 22.7 Å². The largest absolute Gasteiger partial charge is 1.00 e. The van der Waals surface area contributed by atoms with Crippen molar-refractivity contribution in [2.24, 2.45) is 4.99 Å². The first-order chi connectivity index (χ1) is 37.5. The number of para-hydroxylation sites is 4. The van der Waals surface area contributed by atoms with Crippen molar-refractivity contribution in [3.8, 4) is 22.5 Å². The Labute approximate surface area is 487 Å². The number of nitrogens with one attached hydrogen (secondary N) is 3. The molecule has 6 nitrogen and oxygen atoms in total. The molecule has 0 saturated heterocycles. The van der Waals surface area contributed by atoms with Crippen LogP contribution in [0.1, 0.15) is 200 Å². The van der Waals surface area contributed by atoms with E-state index in [0.717, 1.165) is 46.9 Å². The number of hydrogen-bond donors (Lipinski definition) is 3. The topological polar surface area (TPSA) is 74.2 Å². The number of fused-ring (bicyclic) bond motifs is 2. The van der Waals surface area contributed by atoms with Gasteiger partial charge in [0.05, 0.1) is 40.7 Å². The van der Waals surface area contributed by atoms with Gasteiger partial charge in [-0.2, -0.15) is 35.9 Å². The summed E-state index contributed by atoms with van der Waals surface area (Å²) in [4.78, 5) is 15.2. The van der Waals surface area contributed by atoms with Gasteiger partial charge in [0.25, 0.3) is 0 Å². The fourth-order valence-electron chi connectivity index (χ4n) is 11.0. The molecule has 3 atom stereocenters. The third-order valence-electron chi connectivity index (χ3n) is 15.1. The number of aromatic nitrogens is 2. The van der Waals surface area contributed by atoms with Gasteiger partial charge in [0.2, 0.25) is 0 Å². The minimum absolute atomic E-state index is 0. The van der Waals surface area contributed by atoms with E-state index >= 15 is 0 Å². The number of rotatable bonds is 14. The Kier molecular flexibility index (Phi) is 20.8. The summed E-state index contributed by atoms with van der Waals surface area (Å²) in [6.07, 6.45) is 4.03. The molecule has 79 heavy (non-hydrogen) atoms. The van der Waals surface area contributed by atoms with Crippen LogP contribution in [-0.2, 0) is 12.8 Å². The summed E-state index contributed by atoms with van der Waals surface area (Å²) in [5, 5.41) is 11.4. The summed E-state index contributed by atoms with van der Waals surface area (Å²) in [6, 6.07) is 60.0. The number of aliphatic imine (C=N–C) groups is 1. The van der Waals surface area contributed by atoms with Crippen molar-refractivity contribution in [1.82, 2.24) is 9.97 Å². The van der Waals surface area contributed by atoms with E-state index < -0.39 is 0 Å². The maximum Gasteiger partial charge on any atom is 1.00 e. The molecule has 0 amide bonds. The number of anilines is 3. The van der Waals surface area contributed by atoms with Crippen molar-refractivity contribution in [3.63, 3.8) is 0 Å². The van der Waals surface area contributed by atoms with Gasteiger partial charge in [-0.05, 0) is 131 Å². The molecule has 10 rings (SSSR count). The van der Waals surface area contributed by atoms with Crippen LogP contribution in [0.25, 0.3) is 22.5 Å². The molecule has 2 aliphatic rings. The maximum absolute atomic E-state index is 5.37. The molecule has 0 fully saturated rings. The Morgan fingerprint density at radius 3 is 1.43 bits per heavy atom. The molecule has 6 aromatic carbocycles. The summed E-state index contributed by atoms with van der Waals surface area (Å²) < 4.78 is 0. The zero-order chi connectivity index (χ0) is 55.6. The summed E-state index contributed by atoms with van der Waals surface area (Å²) in [5.74, 6) is 2.68. The van der Waals surface area contributed by atoms with Gasteiger partial charge in [-0.1, -0.05) is 192 Å². The van der Waals surface area contributed by atoms with Crippen molar-refractivity contribution in [2.75, 3.05) is 16.0 Å². The first-order valence-corrected chi connectivity index (χ1v) is 28.8. The summed E-state index contributed by atoms with van der Waals surface area (Å²) in [5.41, 5.74) is 23.0. The average molecular weight is 1040 g/mol. The van der Waals surface area contributed by atoms with Crippen molar-refractivity contribution in [1.29, 1.82) is 0 Å². The molecule has 0 aliphatic carbocycles. The van der Waals surface area contributed by atoms with Crippen LogP contribution in [-0.4, -0.2) is 28.3 Å². The zero-order valence-electron chi connectivity index (χ0n) is 50.0. The van der Waals surface area contributed by atoms with E-state index in [4.69, 9.17) is 15.0 Å². The second-order valence-corrected chi connectivity index (χ2v) is 23.4. The predicted octanol–water partition coefficient (Wildman–Crippen LogP) is 16.4. The smallest absolute Gasteiger partial charge is 0.381 e. The van der Waals surface area contributed by atoms with Crippen molar-refractivity contribution in [3.05, 3.63) is 225 Å². The van der Waals surface area contributed by atoms with Gasteiger partial charge in [-0.15, -0.1) is 0 Å². The number of benzene rings is 6. The molecule has 0 bridgehead atoms. The molecule has 8 aromatic rings. The second-order valence-electron chi connectivity index (χ2n) is 23.4. The van der Waals surface area contributed by atoms with Gasteiger partial charge in [-0.3, -0.25) is 9.98 Å². The quantitative estimate of drug-likeness (QED) is 0.0575. The van der Waals surface area contributed by atoms with Gasteiger partial charge in [0.1, 0.15) is 0 Å². The van der Waals surface area contributed by atoms with E-state index in [-0.39, 0.29) is 24.9 Å². The van der Waals surface area contributed by atoms with E-state index in [0.29, 0.717) is 47.6 Å². The van der Waals surface area contributed by atoms with Crippen LogP contribution < -0.4 is 34.8 Å². The standard InChI is InChI=1S/C36H43N3.C27H31N3.C9H11.Li/c1-22(2)27-14-8-9-15-30(27)36(39-35-28(23(3)4)16-11-17-29(35)24(5)6)33-20-12-19-32(38-33)31-18-10-13-26-21-25(7)37-34(26)31;1-17(2)22-11-8-12-23(18(3)4)27(22)28-16-21-10-7-14-25(30-21)24-13-6-9-20-15-19(5)29-26(20)24;1-8(2)9-6-4-3-5-7-9;/h8-20,22-25,36-37,39H,21H2,1-7H3;6-14,16-19,29H,15H2,1-5H3;3-6,8H,1-2H3;/q;;-1;+1. The summed E-state index contributed by atoms with van der Waals surface area (Å²) >= 11 is 0. The molecular formula is C72H85LiN6. The molecular weight excluding hydrogens is 956 g/mol. The van der Waals surface area contributed by atoms with E-state index in [2.05, 4.69) is 252 Å². The van der Waals surface area contributed by atoms with Crippen LogP contribution in [0.2, 0.25) is 0 Å². The Morgan fingerprint density at radius 1 is 0.481 bits per heavy atom. The fourth-order valence-corrected chi connectivity index (χ4v) is 11.0. The zero-order valence-corrected chi connectivity index (χ0v) is 50.0. The van der Waals surface area contributed by atoms with E-state index in [9.17, 15) is 0 Å². The Balaban J connectivity index is 0.000000199. The van der Waals surface area contributed by atoms with Gasteiger partial charge in [0.15, 0.2) is 0 Å². The Morgan fingerprint density at radius 2 is 0.937 bits per heavy atom. The molecule has 3 unspecified atom stereocenters.